The summed E-state index contributed by atoms with van der Waals surface area (Å²) in [5.41, 5.74) is 7.88. The molecule has 1 aliphatic rings. The lowest BCUT2D eigenvalue weighted by Crippen LogP contribution is -2.41. The zero-order valence-corrected chi connectivity index (χ0v) is 12.5. The average molecular weight is 275 g/mol. The van der Waals surface area contributed by atoms with Gasteiger partial charge in [-0.2, -0.15) is 0 Å². The Kier molecular flexibility index (Phi) is 4.78. The summed E-state index contributed by atoms with van der Waals surface area (Å²) in [6.45, 7) is 7.56. The molecule has 20 heavy (non-hydrogen) atoms. The van der Waals surface area contributed by atoms with Crippen LogP contribution in [0, 0.1) is 5.41 Å². The highest BCUT2D eigenvalue weighted by molar-refractivity contribution is 5.92. The summed E-state index contributed by atoms with van der Waals surface area (Å²) in [6, 6.07) is 7.71. The first-order chi connectivity index (χ1) is 9.48. The van der Waals surface area contributed by atoms with Crippen LogP contribution in [0.1, 0.15) is 32.3 Å². The van der Waals surface area contributed by atoms with Gasteiger partial charge in [0.25, 0.3) is 0 Å². The quantitative estimate of drug-likeness (QED) is 0.885. The van der Waals surface area contributed by atoms with Crippen molar-refractivity contribution >= 4 is 11.6 Å². The number of hydrogen-bond donors (Lipinski definition) is 2. The van der Waals surface area contributed by atoms with Gasteiger partial charge in [0.1, 0.15) is 0 Å². The van der Waals surface area contributed by atoms with Gasteiger partial charge in [0.05, 0.1) is 6.54 Å². The molecule has 0 unspecified atom stereocenters. The Hall–Kier alpha value is -1.39. The molecule has 0 aliphatic carbocycles. The van der Waals surface area contributed by atoms with Gasteiger partial charge in [0.2, 0.25) is 5.91 Å². The van der Waals surface area contributed by atoms with Gasteiger partial charge >= 0.3 is 0 Å². The molecule has 1 fully saturated rings. The molecule has 110 valence electrons. The van der Waals surface area contributed by atoms with E-state index in [0.717, 1.165) is 37.2 Å². The van der Waals surface area contributed by atoms with Crippen molar-refractivity contribution in [3.8, 4) is 0 Å². The number of piperidine rings is 1. The third-order valence-corrected chi connectivity index (χ3v) is 4.02. The topological polar surface area (TPSA) is 58.4 Å². The highest BCUT2D eigenvalue weighted by atomic mass is 16.2. The van der Waals surface area contributed by atoms with Crippen LogP contribution in [-0.2, 0) is 11.3 Å². The van der Waals surface area contributed by atoms with Gasteiger partial charge in [0, 0.05) is 12.2 Å². The molecule has 0 aromatic heterocycles. The highest BCUT2D eigenvalue weighted by Gasteiger charge is 2.26. The minimum Gasteiger partial charge on any atom is -0.326 e. The Morgan fingerprint density at radius 2 is 2.05 bits per heavy atom. The van der Waals surface area contributed by atoms with E-state index >= 15 is 0 Å². The van der Waals surface area contributed by atoms with Gasteiger partial charge in [-0.05, 0) is 49.0 Å². The fraction of sp³-hybridized carbons (Fsp3) is 0.562. The maximum atomic E-state index is 12.1. The average Bonchev–Trinajstić information content (AvgIpc) is 2.41. The second-order valence-corrected chi connectivity index (χ2v) is 6.39. The molecule has 1 aromatic carbocycles. The van der Waals surface area contributed by atoms with Crippen LogP contribution >= 0.6 is 0 Å². The molecule has 0 spiro atoms. The monoisotopic (exact) mass is 275 g/mol. The zero-order chi connectivity index (χ0) is 14.6. The third kappa shape index (κ3) is 4.32. The molecule has 0 bridgehead atoms. The lowest BCUT2D eigenvalue weighted by atomic mass is 9.83. The van der Waals surface area contributed by atoms with Crippen molar-refractivity contribution in [1.82, 2.24) is 4.90 Å². The first-order valence-electron chi connectivity index (χ1n) is 7.30. The van der Waals surface area contributed by atoms with Crippen molar-refractivity contribution in [3.63, 3.8) is 0 Å². The Labute approximate surface area is 121 Å². The summed E-state index contributed by atoms with van der Waals surface area (Å²) in [5.74, 6) is 0.0545. The molecular weight excluding hydrogens is 250 g/mol. The minimum absolute atomic E-state index is 0.0545. The number of nitrogens with one attached hydrogen (secondary N) is 1. The van der Waals surface area contributed by atoms with Gasteiger partial charge in [-0.25, -0.2) is 0 Å². The smallest absolute Gasteiger partial charge is 0.238 e. The van der Waals surface area contributed by atoms with Crippen LogP contribution in [-0.4, -0.2) is 30.4 Å². The predicted molar refractivity (Wildman–Crippen MR) is 82.4 cm³/mol. The number of rotatable bonds is 4. The van der Waals surface area contributed by atoms with Crippen molar-refractivity contribution in [2.45, 2.75) is 33.2 Å². The largest absolute Gasteiger partial charge is 0.326 e. The van der Waals surface area contributed by atoms with Gasteiger partial charge in [0.15, 0.2) is 0 Å². The van der Waals surface area contributed by atoms with E-state index in [2.05, 4.69) is 24.1 Å². The number of carbonyl (C=O) groups excluding carboxylic acids is 1. The molecule has 3 N–H and O–H groups in total. The van der Waals surface area contributed by atoms with Crippen LogP contribution in [0.3, 0.4) is 0 Å². The van der Waals surface area contributed by atoms with Crippen LogP contribution in [0.15, 0.2) is 24.3 Å². The van der Waals surface area contributed by atoms with Crippen molar-refractivity contribution in [2.24, 2.45) is 11.1 Å². The Morgan fingerprint density at radius 1 is 1.35 bits per heavy atom. The highest BCUT2D eigenvalue weighted by Crippen LogP contribution is 2.29. The summed E-state index contributed by atoms with van der Waals surface area (Å²) in [4.78, 5) is 14.3. The van der Waals surface area contributed by atoms with E-state index in [-0.39, 0.29) is 5.91 Å². The molecule has 0 saturated carbocycles. The third-order valence-electron chi connectivity index (χ3n) is 4.02. The molecule has 1 aromatic rings. The number of nitrogens with two attached hydrogens (primary N) is 1. The number of carbonyl (C=O) groups is 1. The molecule has 0 atom stereocenters. The van der Waals surface area contributed by atoms with Gasteiger partial charge in [-0.3, -0.25) is 9.69 Å². The summed E-state index contributed by atoms with van der Waals surface area (Å²) >= 11 is 0. The van der Waals surface area contributed by atoms with Crippen molar-refractivity contribution in [3.05, 3.63) is 29.8 Å². The molecule has 1 aliphatic heterocycles. The van der Waals surface area contributed by atoms with Crippen LogP contribution in [0.5, 0.6) is 0 Å². The first kappa shape index (κ1) is 15.0. The molecular formula is C16H25N3O. The van der Waals surface area contributed by atoms with E-state index < -0.39 is 0 Å². The fourth-order valence-electron chi connectivity index (χ4n) is 2.50. The van der Waals surface area contributed by atoms with Gasteiger partial charge < -0.3 is 11.1 Å². The zero-order valence-electron chi connectivity index (χ0n) is 12.5. The Bertz CT molecular complexity index is 461. The normalized spacial score (nSPS) is 18.8. The van der Waals surface area contributed by atoms with Crippen LogP contribution in [0.25, 0.3) is 0 Å². The van der Waals surface area contributed by atoms with Crippen LogP contribution in [0.4, 0.5) is 5.69 Å². The molecule has 0 radical (unpaired) electrons. The lowest BCUT2D eigenvalue weighted by molar-refractivity contribution is -0.117. The van der Waals surface area contributed by atoms with Crippen molar-refractivity contribution in [2.75, 3.05) is 25.0 Å². The number of likely N-dealkylation sites (tertiary alicyclic amines) is 1. The summed E-state index contributed by atoms with van der Waals surface area (Å²) in [6.07, 6.45) is 2.31. The maximum Gasteiger partial charge on any atom is 0.238 e. The number of hydrogen-bond acceptors (Lipinski definition) is 3. The molecule has 2 rings (SSSR count). The van der Waals surface area contributed by atoms with Crippen LogP contribution in [0.2, 0.25) is 0 Å². The van der Waals surface area contributed by atoms with E-state index in [1.807, 2.05) is 24.3 Å². The number of amides is 1. The van der Waals surface area contributed by atoms with E-state index in [4.69, 9.17) is 5.73 Å². The van der Waals surface area contributed by atoms with E-state index in [0.29, 0.717) is 18.5 Å². The lowest BCUT2D eigenvalue weighted by Gasteiger charge is -2.36. The Balaban J connectivity index is 1.83. The second kappa shape index (κ2) is 6.37. The number of anilines is 1. The standard InChI is InChI=1S/C16H25N3O/c1-16(2)6-8-19(9-7-16)12-15(20)18-14-5-3-4-13(10-14)11-17/h3-5,10H,6-9,11-12,17H2,1-2H3,(H,18,20). The predicted octanol–water partition coefficient (Wildman–Crippen LogP) is 2.21. The van der Waals surface area contributed by atoms with Crippen molar-refractivity contribution in [1.29, 1.82) is 0 Å². The summed E-state index contributed by atoms with van der Waals surface area (Å²) in [5, 5.41) is 2.95. The minimum atomic E-state index is 0.0545. The van der Waals surface area contributed by atoms with Gasteiger partial charge in [-0.1, -0.05) is 26.0 Å². The number of benzene rings is 1. The molecule has 1 amide bonds. The Morgan fingerprint density at radius 3 is 2.70 bits per heavy atom. The van der Waals surface area contributed by atoms with Crippen LogP contribution < -0.4 is 11.1 Å². The summed E-state index contributed by atoms with van der Waals surface area (Å²) < 4.78 is 0. The van der Waals surface area contributed by atoms with E-state index in [9.17, 15) is 4.79 Å². The molecule has 4 nitrogen and oxygen atoms in total. The maximum absolute atomic E-state index is 12.1. The molecule has 1 heterocycles. The molecule has 1 saturated heterocycles. The second-order valence-electron chi connectivity index (χ2n) is 6.39. The van der Waals surface area contributed by atoms with Crippen molar-refractivity contribution < 1.29 is 4.79 Å². The SMILES string of the molecule is CC1(C)CCN(CC(=O)Nc2cccc(CN)c2)CC1. The van der Waals surface area contributed by atoms with E-state index in [1.54, 1.807) is 0 Å². The number of nitrogens with zero attached hydrogens (tertiary/aromatic N) is 1. The summed E-state index contributed by atoms with van der Waals surface area (Å²) in [7, 11) is 0. The van der Waals surface area contributed by atoms with Gasteiger partial charge in [-0.15, -0.1) is 0 Å². The first-order valence-corrected chi connectivity index (χ1v) is 7.30. The molecule has 4 heteroatoms. The fourth-order valence-corrected chi connectivity index (χ4v) is 2.50. The van der Waals surface area contributed by atoms with E-state index in [1.165, 1.54) is 0 Å².